The van der Waals surface area contributed by atoms with Crippen LogP contribution in [0.25, 0.3) is 0 Å². The topological polar surface area (TPSA) is 49.7 Å². The number of halogens is 1. The van der Waals surface area contributed by atoms with Crippen LogP contribution >= 0.6 is 15.9 Å². The lowest BCUT2D eigenvalue weighted by Crippen LogP contribution is -1.95. The molecule has 0 saturated heterocycles. The summed E-state index contributed by atoms with van der Waals surface area (Å²) in [6.07, 6.45) is 0. The van der Waals surface area contributed by atoms with Crippen LogP contribution in [0.3, 0.4) is 0 Å². The van der Waals surface area contributed by atoms with Crippen molar-refractivity contribution in [2.45, 2.75) is 13.2 Å². The normalized spacial score (nSPS) is 10.4. The highest BCUT2D eigenvalue weighted by molar-refractivity contribution is 9.10. The van der Waals surface area contributed by atoms with Gasteiger partial charge in [-0.15, -0.1) is 0 Å². The van der Waals surface area contributed by atoms with Crippen LogP contribution in [0, 0.1) is 0 Å². The van der Waals surface area contributed by atoms with Gasteiger partial charge in [0.15, 0.2) is 0 Å². The summed E-state index contributed by atoms with van der Waals surface area (Å²) in [4.78, 5) is 0. The maximum absolute atomic E-state index is 9.30. The molecule has 0 aromatic heterocycles. The van der Waals surface area contributed by atoms with E-state index < -0.39 is 0 Å². The van der Waals surface area contributed by atoms with Crippen molar-refractivity contribution in [3.8, 4) is 11.5 Å². The Bertz CT molecular complexity index is 540. The van der Waals surface area contributed by atoms with Crippen molar-refractivity contribution in [3.63, 3.8) is 0 Å². The molecule has 3 nitrogen and oxygen atoms in total. The molecule has 2 rings (SSSR count). The van der Waals surface area contributed by atoms with E-state index in [1.807, 2.05) is 18.2 Å². The summed E-state index contributed by atoms with van der Waals surface area (Å²) < 4.78 is 6.62. The summed E-state index contributed by atoms with van der Waals surface area (Å²) in [5, 5.41) is 18.5. The first-order chi connectivity index (χ1) is 8.74. The summed E-state index contributed by atoms with van der Waals surface area (Å²) in [5.74, 6) is 1.18. The predicted octanol–water partition coefficient (Wildman–Crippen LogP) is 3.23. The summed E-state index contributed by atoms with van der Waals surface area (Å²) in [6.45, 7) is -0.183. The fraction of sp³-hybridized carbons (Fsp3) is 0.143. The van der Waals surface area contributed by atoms with Gasteiger partial charge in [-0.05, 0) is 24.3 Å². The van der Waals surface area contributed by atoms with Crippen LogP contribution < -0.4 is 4.74 Å². The molecule has 18 heavy (non-hydrogen) atoms. The van der Waals surface area contributed by atoms with E-state index in [9.17, 15) is 10.2 Å². The summed E-state index contributed by atoms with van der Waals surface area (Å²) in [7, 11) is 0. The number of aliphatic hydroxyl groups excluding tert-OH is 2. The van der Waals surface area contributed by atoms with Crippen LogP contribution in [0.5, 0.6) is 11.5 Å². The van der Waals surface area contributed by atoms with Crippen LogP contribution in [0.15, 0.2) is 46.9 Å². The second kappa shape index (κ2) is 6.00. The SMILES string of the molecule is OCc1ccccc1Oc1ccc(Br)cc1CO. The van der Waals surface area contributed by atoms with E-state index in [1.54, 1.807) is 24.3 Å². The standard InChI is InChI=1S/C14H13BrO3/c15-12-5-6-14(11(7-12)9-17)18-13-4-2-1-3-10(13)8-16/h1-7,16-17H,8-9H2. The Morgan fingerprint density at radius 3 is 2.28 bits per heavy atom. The Labute approximate surface area is 114 Å². The monoisotopic (exact) mass is 308 g/mol. The molecule has 0 aliphatic carbocycles. The molecule has 0 amide bonds. The molecule has 0 radical (unpaired) electrons. The molecule has 0 atom stereocenters. The van der Waals surface area contributed by atoms with Gasteiger partial charge in [0.05, 0.1) is 13.2 Å². The van der Waals surface area contributed by atoms with Crippen molar-refractivity contribution in [1.82, 2.24) is 0 Å². The molecule has 0 heterocycles. The first-order valence-electron chi connectivity index (χ1n) is 5.50. The average Bonchev–Trinajstić information content (AvgIpc) is 2.41. The molecule has 0 fully saturated rings. The van der Waals surface area contributed by atoms with Gasteiger partial charge in [0.2, 0.25) is 0 Å². The van der Waals surface area contributed by atoms with Crippen LogP contribution in [0.1, 0.15) is 11.1 Å². The maximum atomic E-state index is 9.30. The zero-order valence-electron chi connectivity index (χ0n) is 9.64. The number of benzene rings is 2. The molecule has 2 aromatic rings. The highest BCUT2D eigenvalue weighted by Gasteiger charge is 2.07. The maximum Gasteiger partial charge on any atom is 0.133 e. The minimum atomic E-state index is -0.101. The Morgan fingerprint density at radius 2 is 1.56 bits per heavy atom. The molecule has 0 spiro atoms. The van der Waals surface area contributed by atoms with Crippen molar-refractivity contribution in [2.75, 3.05) is 0 Å². The van der Waals surface area contributed by atoms with Crippen molar-refractivity contribution >= 4 is 15.9 Å². The van der Waals surface area contributed by atoms with E-state index in [0.29, 0.717) is 22.6 Å². The first-order valence-corrected chi connectivity index (χ1v) is 6.30. The number of aliphatic hydroxyl groups is 2. The van der Waals surface area contributed by atoms with Crippen molar-refractivity contribution in [2.24, 2.45) is 0 Å². The van der Waals surface area contributed by atoms with Crippen molar-refractivity contribution < 1.29 is 14.9 Å². The summed E-state index contributed by atoms with van der Waals surface area (Å²) in [5.41, 5.74) is 1.40. The van der Waals surface area contributed by atoms with E-state index in [2.05, 4.69) is 15.9 Å². The molecule has 4 heteroatoms. The third-order valence-corrected chi connectivity index (χ3v) is 3.05. The largest absolute Gasteiger partial charge is 0.457 e. The van der Waals surface area contributed by atoms with Gasteiger partial charge < -0.3 is 14.9 Å². The first kappa shape index (κ1) is 13.1. The molecule has 0 saturated carbocycles. The van der Waals surface area contributed by atoms with Crippen molar-refractivity contribution in [3.05, 3.63) is 58.1 Å². The van der Waals surface area contributed by atoms with Crippen molar-refractivity contribution in [1.29, 1.82) is 0 Å². The van der Waals surface area contributed by atoms with E-state index in [0.717, 1.165) is 4.47 Å². The number of hydrogen-bond acceptors (Lipinski definition) is 3. The number of hydrogen-bond donors (Lipinski definition) is 2. The predicted molar refractivity (Wildman–Crippen MR) is 72.5 cm³/mol. The van der Waals surface area contributed by atoms with E-state index in [4.69, 9.17) is 4.74 Å². The van der Waals surface area contributed by atoms with E-state index >= 15 is 0 Å². The quantitative estimate of drug-likeness (QED) is 0.911. The van der Waals surface area contributed by atoms with Gasteiger partial charge >= 0.3 is 0 Å². The number of ether oxygens (including phenoxy) is 1. The number of rotatable bonds is 4. The Morgan fingerprint density at radius 1 is 0.889 bits per heavy atom. The molecule has 0 aliphatic rings. The summed E-state index contributed by atoms with van der Waals surface area (Å²) in [6, 6.07) is 12.7. The van der Waals surface area contributed by atoms with E-state index in [-0.39, 0.29) is 13.2 Å². The van der Waals surface area contributed by atoms with Crippen LogP contribution in [0.2, 0.25) is 0 Å². The Hall–Kier alpha value is -1.36. The molecular weight excluding hydrogens is 296 g/mol. The molecule has 0 bridgehead atoms. The Kier molecular flexibility index (Phi) is 4.36. The van der Waals surface area contributed by atoms with Crippen LogP contribution in [-0.2, 0) is 13.2 Å². The fourth-order valence-electron chi connectivity index (χ4n) is 1.62. The van der Waals surface area contributed by atoms with Gasteiger partial charge in [0, 0.05) is 15.6 Å². The lowest BCUT2D eigenvalue weighted by Gasteiger charge is -2.12. The highest BCUT2D eigenvalue weighted by Crippen LogP contribution is 2.30. The third-order valence-electron chi connectivity index (χ3n) is 2.56. The fourth-order valence-corrected chi connectivity index (χ4v) is 2.03. The smallest absolute Gasteiger partial charge is 0.133 e. The van der Waals surface area contributed by atoms with Crippen LogP contribution in [-0.4, -0.2) is 10.2 Å². The lowest BCUT2D eigenvalue weighted by molar-refractivity contribution is 0.270. The highest BCUT2D eigenvalue weighted by atomic mass is 79.9. The average molecular weight is 309 g/mol. The van der Waals surface area contributed by atoms with Gasteiger partial charge in [-0.3, -0.25) is 0 Å². The van der Waals surface area contributed by atoms with Gasteiger partial charge in [-0.2, -0.15) is 0 Å². The zero-order chi connectivity index (χ0) is 13.0. The Balaban J connectivity index is 2.33. The van der Waals surface area contributed by atoms with Gasteiger partial charge in [-0.1, -0.05) is 34.1 Å². The van der Waals surface area contributed by atoms with E-state index in [1.165, 1.54) is 0 Å². The minimum absolute atomic E-state index is 0.0822. The molecule has 2 N–H and O–H groups in total. The lowest BCUT2D eigenvalue weighted by atomic mass is 10.2. The zero-order valence-corrected chi connectivity index (χ0v) is 11.2. The second-order valence-electron chi connectivity index (χ2n) is 3.78. The van der Waals surface area contributed by atoms with Gasteiger partial charge in [0.1, 0.15) is 11.5 Å². The van der Waals surface area contributed by atoms with Crippen LogP contribution in [0.4, 0.5) is 0 Å². The molecule has 94 valence electrons. The van der Waals surface area contributed by atoms with Gasteiger partial charge in [0.25, 0.3) is 0 Å². The minimum Gasteiger partial charge on any atom is -0.457 e. The summed E-state index contributed by atoms with van der Waals surface area (Å²) >= 11 is 3.34. The molecule has 0 unspecified atom stereocenters. The molecule has 2 aromatic carbocycles. The number of para-hydroxylation sites is 1. The van der Waals surface area contributed by atoms with Gasteiger partial charge in [-0.25, -0.2) is 0 Å². The molecular formula is C14H13BrO3. The third kappa shape index (κ3) is 2.90. The molecule has 0 aliphatic heterocycles. The second-order valence-corrected chi connectivity index (χ2v) is 4.69.